The van der Waals surface area contributed by atoms with Crippen molar-refractivity contribution in [3.8, 4) is 11.4 Å². The second kappa shape index (κ2) is 8.16. The molecule has 6 rings (SSSR count). The van der Waals surface area contributed by atoms with E-state index in [0.29, 0.717) is 5.95 Å². The van der Waals surface area contributed by atoms with Crippen molar-refractivity contribution in [2.45, 2.75) is 64.0 Å². The van der Waals surface area contributed by atoms with Crippen LogP contribution in [0.4, 0.5) is 11.9 Å². The van der Waals surface area contributed by atoms with Crippen LogP contribution in [-0.4, -0.2) is 59.4 Å². The third kappa shape index (κ3) is 3.94. The maximum Gasteiger partial charge on any atom is 0.230 e. The zero-order chi connectivity index (χ0) is 23.3. The van der Waals surface area contributed by atoms with Crippen molar-refractivity contribution in [1.82, 2.24) is 29.5 Å². The minimum atomic E-state index is -0.578. The lowest BCUT2D eigenvalue weighted by molar-refractivity contribution is 0.0195. The Labute approximate surface area is 198 Å². The lowest BCUT2D eigenvalue weighted by Crippen LogP contribution is -2.36. The average Bonchev–Trinajstić information content (AvgIpc) is 3.50. The van der Waals surface area contributed by atoms with Gasteiger partial charge in [-0.25, -0.2) is 9.97 Å². The van der Waals surface area contributed by atoms with Crippen molar-refractivity contribution in [3.05, 3.63) is 36.0 Å². The molecule has 0 spiro atoms. The number of benzene rings is 1. The molecule has 0 unspecified atom stereocenters. The standard InChI is InChI=1S/C25H30N8O/c1-16-22(28-19-8-4-3-7-18(19)26-16)20-15-21-29-23(32-13-5-6-14-32)30-24(33(21)31-20)27-17-9-11-25(2,34)12-10-17/h3-4,7-8,15,17,34H,5-6,9-14H2,1-2H3,(H,27,29,30). The zero-order valence-electron chi connectivity index (χ0n) is 19.7. The van der Waals surface area contributed by atoms with Gasteiger partial charge >= 0.3 is 0 Å². The van der Waals surface area contributed by atoms with Gasteiger partial charge in [0, 0.05) is 25.2 Å². The maximum atomic E-state index is 10.4. The van der Waals surface area contributed by atoms with Gasteiger partial charge in [0.15, 0.2) is 5.65 Å². The molecule has 34 heavy (non-hydrogen) atoms. The molecular weight excluding hydrogens is 428 g/mol. The second-order valence-corrected chi connectivity index (χ2v) is 9.90. The van der Waals surface area contributed by atoms with E-state index >= 15 is 0 Å². The van der Waals surface area contributed by atoms with Crippen molar-refractivity contribution in [2.75, 3.05) is 23.3 Å². The van der Waals surface area contributed by atoms with E-state index in [0.717, 1.165) is 91.3 Å². The van der Waals surface area contributed by atoms with Gasteiger partial charge in [0.1, 0.15) is 11.4 Å². The number of aromatic nitrogens is 6. The van der Waals surface area contributed by atoms with E-state index in [1.54, 1.807) is 4.52 Å². The van der Waals surface area contributed by atoms with E-state index in [-0.39, 0.29) is 6.04 Å². The van der Waals surface area contributed by atoms with Crippen molar-refractivity contribution in [2.24, 2.45) is 0 Å². The Morgan fingerprint density at radius 3 is 2.44 bits per heavy atom. The Kier molecular flexibility index (Phi) is 5.09. The first kappa shape index (κ1) is 21.2. The molecule has 9 nitrogen and oxygen atoms in total. The second-order valence-electron chi connectivity index (χ2n) is 9.90. The van der Waals surface area contributed by atoms with Crippen LogP contribution < -0.4 is 10.2 Å². The zero-order valence-corrected chi connectivity index (χ0v) is 19.7. The minimum Gasteiger partial charge on any atom is -0.390 e. The average molecular weight is 459 g/mol. The molecule has 1 saturated heterocycles. The third-order valence-electron chi connectivity index (χ3n) is 7.08. The van der Waals surface area contributed by atoms with Gasteiger partial charge in [0.25, 0.3) is 0 Å². The number of aryl methyl sites for hydroxylation is 1. The Balaban J connectivity index is 1.42. The summed E-state index contributed by atoms with van der Waals surface area (Å²) in [5.41, 5.74) is 4.21. The summed E-state index contributed by atoms with van der Waals surface area (Å²) in [6, 6.07) is 10.1. The van der Waals surface area contributed by atoms with E-state index in [9.17, 15) is 5.11 Å². The van der Waals surface area contributed by atoms with Gasteiger partial charge in [-0.15, -0.1) is 0 Å². The number of rotatable bonds is 4. The van der Waals surface area contributed by atoms with Gasteiger partial charge < -0.3 is 15.3 Å². The van der Waals surface area contributed by atoms with Crippen LogP contribution in [0, 0.1) is 6.92 Å². The largest absolute Gasteiger partial charge is 0.390 e. The molecule has 1 saturated carbocycles. The first-order valence-corrected chi connectivity index (χ1v) is 12.2. The van der Waals surface area contributed by atoms with Crippen molar-refractivity contribution in [3.63, 3.8) is 0 Å². The topological polar surface area (TPSA) is 104 Å². The van der Waals surface area contributed by atoms with Crippen LogP contribution in [0.25, 0.3) is 28.1 Å². The fourth-order valence-corrected chi connectivity index (χ4v) is 5.04. The smallest absolute Gasteiger partial charge is 0.230 e. The van der Waals surface area contributed by atoms with Crippen LogP contribution in [-0.2, 0) is 0 Å². The minimum absolute atomic E-state index is 0.236. The summed E-state index contributed by atoms with van der Waals surface area (Å²) in [4.78, 5) is 21.6. The van der Waals surface area contributed by atoms with Gasteiger partial charge in [-0.05, 0) is 64.5 Å². The lowest BCUT2D eigenvalue weighted by atomic mass is 9.84. The fraction of sp³-hybridized carbons (Fsp3) is 0.480. The van der Waals surface area contributed by atoms with Crippen molar-refractivity contribution in [1.29, 1.82) is 0 Å². The number of fused-ring (bicyclic) bond motifs is 2. The molecule has 2 fully saturated rings. The molecule has 0 amide bonds. The highest BCUT2D eigenvalue weighted by Gasteiger charge is 2.30. The maximum absolute atomic E-state index is 10.4. The molecule has 0 bridgehead atoms. The molecule has 176 valence electrons. The predicted molar refractivity (Wildman–Crippen MR) is 132 cm³/mol. The molecule has 4 aromatic rings. The highest BCUT2D eigenvalue weighted by Crippen LogP contribution is 2.31. The molecule has 2 N–H and O–H groups in total. The molecular formula is C25H30N8O. The van der Waals surface area contributed by atoms with E-state index in [1.807, 2.05) is 44.2 Å². The van der Waals surface area contributed by atoms with E-state index in [4.69, 9.17) is 25.0 Å². The molecule has 1 aliphatic heterocycles. The van der Waals surface area contributed by atoms with Crippen LogP contribution in [0.3, 0.4) is 0 Å². The molecule has 0 atom stereocenters. The molecule has 0 radical (unpaired) electrons. The first-order chi connectivity index (χ1) is 16.4. The summed E-state index contributed by atoms with van der Waals surface area (Å²) in [6.45, 7) is 5.83. The monoisotopic (exact) mass is 458 g/mol. The molecule has 1 aromatic carbocycles. The molecule has 3 aromatic heterocycles. The highest BCUT2D eigenvalue weighted by molar-refractivity contribution is 5.78. The Bertz CT molecular complexity index is 1350. The normalized spacial score (nSPS) is 23.1. The molecule has 2 aliphatic rings. The van der Waals surface area contributed by atoms with Crippen molar-refractivity contribution < 1.29 is 5.11 Å². The summed E-state index contributed by atoms with van der Waals surface area (Å²) in [6.07, 6.45) is 5.64. The number of hydrogen-bond donors (Lipinski definition) is 2. The van der Waals surface area contributed by atoms with Gasteiger partial charge in [0.05, 0.1) is 22.3 Å². The van der Waals surface area contributed by atoms with E-state index < -0.39 is 5.60 Å². The number of aliphatic hydroxyl groups is 1. The molecule has 4 heterocycles. The SMILES string of the molecule is Cc1nc2ccccc2nc1-c1cc2nc(N3CCCC3)nc(NC3CCC(C)(O)CC3)n2n1. The summed E-state index contributed by atoms with van der Waals surface area (Å²) in [5, 5.41) is 18.8. The van der Waals surface area contributed by atoms with Crippen LogP contribution >= 0.6 is 0 Å². The quantitative estimate of drug-likeness (QED) is 0.477. The number of hydrogen-bond acceptors (Lipinski definition) is 8. The Morgan fingerprint density at radius 1 is 1.00 bits per heavy atom. The molecule has 9 heteroatoms. The highest BCUT2D eigenvalue weighted by atomic mass is 16.3. The van der Waals surface area contributed by atoms with Gasteiger partial charge in [-0.2, -0.15) is 19.6 Å². The van der Waals surface area contributed by atoms with Crippen molar-refractivity contribution >= 4 is 28.6 Å². The molecule has 1 aliphatic carbocycles. The van der Waals surface area contributed by atoms with Crippen LogP contribution in [0.2, 0.25) is 0 Å². The lowest BCUT2D eigenvalue weighted by Gasteiger charge is -2.33. The van der Waals surface area contributed by atoms with Gasteiger partial charge in [0.2, 0.25) is 11.9 Å². The number of anilines is 2. The van der Waals surface area contributed by atoms with Crippen LogP contribution in [0.5, 0.6) is 0 Å². The fourth-order valence-electron chi connectivity index (χ4n) is 5.04. The summed E-state index contributed by atoms with van der Waals surface area (Å²) in [5.74, 6) is 1.43. The Morgan fingerprint density at radius 2 is 1.71 bits per heavy atom. The predicted octanol–water partition coefficient (Wildman–Crippen LogP) is 3.75. The Hall–Kier alpha value is -3.33. The third-order valence-corrected chi connectivity index (χ3v) is 7.08. The van der Waals surface area contributed by atoms with E-state index in [2.05, 4.69) is 10.2 Å². The van der Waals surface area contributed by atoms with Gasteiger partial charge in [-0.1, -0.05) is 12.1 Å². The number of nitrogens with zero attached hydrogens (tertiary/aromatic N) is 7. The van der Waals surface area contributed by atoms with Crippen LogP contribution in [0.15, 0.2) is 30.3 Å². The summed E-state index contributed by atoms with van der Waals surface area (Å²) >= 11 is 0. The van der Waals surface area contributed by atoms with Gasteiger partial charge in [-0.3, -0.25) is 0 Å². The van der Waals surface area contributed by atoms with E-state index in [1.165, 1.54) is 0 Å². The van der Waals surface area contributed by atoms with Crippen LogP contribution in [0.1, 0.15) is 51.1 Å². The summed E-state index contributed by atoms with van der Waals surface area (Å²) in [7, 11) is 0. The number of nitrogens with one attached hydrogen (secondary N) is 1. The first-order valence-electron chi connectivity index (χ1n) is 12.2. The number of para-hydroxylation sites is 2. The summed E-state index contributed by atoms with van der Waals surface area (Å²) < 4.78 is 1.79.